The highest BCUT2D eigenvalue weighted by Gasteiger charge is 2.45. The molecular formula is C50H98O13. The Morgan fingerprint density at radius 1 is 0.476 bits per heavy atom. The zero-order valence-corrected chi connectivity index (χ0v) is 40.0. The molecule has 1 heterocycles. The summed E-state index contributed by atoms with van der Waals surface area (Å²) in [5.41, 5.74) is 0. The number of hydrogen-bond acceptors (Lipinski definition) is 13. The smallest absolute Gasteiger partial charge is 0.338 e. The Morgan fingerprint density at radius 3 is 1.16 bits per heavy atom. The van der Waals surface area contributed by atoms with Crippen molar-refractivity contribution in [3.05, 3.63) is 0 Å². The Morgan fingerprint density at radius 2 is 0.810 bits per heavy atom. The van der Waals surface area contributed by atoms with Crippen molar-refractivity contribution < 1.29 is 65.0 Å². The zero-order chi connectivity index (χ0) is 46.5. The van der Waals surface area contributed by atoms with E-state index >= 15 is 0 Å². The molecule has 0 spiro atoms. The molecule has 13 heteroatoms. The van der Waals surface area contributed by atoms with Gasteiger partial charge in [0.2, 0.25) is 0 Å². The van der Waals surface area contributed by atoms with Crippen LogP contribution in [0.3, 0.4) is 0 Å². The summed E-state index contributed by atoms with van der Waals surface area (Å²) >= 11 is 0. The quantitative estimate of drug-likeness (QED) is 0.0210. The Balaban J connectivity index is 2.44. The number of esters is 1. The molecule has 0 aliphatic carbocycles. The van der Waals surface area contributed by atoms with Gasteiger partial charge >= 0.3 is 5.97 Å². The van der Waals surface area contributed by atoms with Crippen molar-refractivity contribution in [2.75, 3.05) is 13.2 Å². The Hall–Kier alpha value is -0.970. The first-order valence-electron chi connectivity index (χ1n) is 26.0. The number of rotatable bonds is 44. The van der Waals surface area contributed by atoms with Crippen LogP contribution in [0.4, 0.5) is 0 Å². The van der Waals surface area contributed by atoms with Crippen molar-refractivity contribution in [1.29, 1.82) is 0 Å². The third-order valence-electron chi connectivity index (χ3n) is 13.0. The minimum Gasteiger partial charge on any atom is -0.455 e. The number of carbonyl (C=O) groups is 1. The van der Waals surface area contributed by atoms with Gasteiger partial charge in [-0.1, -0.05) is 219 Å². The van der Waals surface area contributed by atoms with Crippen LogP contribution in [0.25, 0.3) is 0 Å². The molecule has 0 aromatic heterocycles. The molecule has 0 amide bonds. The maximum atomic E-state index is 13.1. The highest BCUT2D eigenvalue weighted by Crippen LogP contribution is 2.24. The minimum atomic E-state index is -2.17. The highest BCUT2D eigenvalue weighted by atomic mass is 16.7. The summed E-state index contributed by atoms with van der Waals surface area (Å²) in [6.45, 7) is 3.09. The summed E-state index contributed by atoms with van der Waals surface area (Å²) in [4.78, 5) is 13.1. The van der Waals surface area contributed by atoms with E-state index in [0.717, 1.165) is 51.4 Å². The lowest BCUT2D eigenvalue weighted by Gasteiger charge is -2.40. The summed E-state index contributed by atoms with van der Waals surface area (Å²) in [5, 5.41) is 94.3. The lowest BCUT2D eigenvalue weighted by atomic mass is 9.99. The predicted octanol–water partition coefficient (Wildman–Crippen LogP) is 7.82. The molecule has 1 aliphatic heterocycles. The molecule has 63 heavy (non-hydrogen) atoms. The standard InChI is InChI=1S/C50H98O13/c1-3-5-7-9-11-13-15-17-18-19-20-21-22-23-24-26-28-30-32-34-36-40(53)44(55)47(58)49(60)62-42(38-61-50-48(59)46(57)45(56)41(37-51)63-50)43(54)39(52)35-33-31-29-27-25-16-14-12-10-8-6-4-2/h39-48,50-59H,3-38H2,1-2H3/t39-,40-,41-,42+,43-,44-,45+,46+,47-,48-,50+/m1/s1. The van der Waals surface area contributed by atoms with Gasteiger partial charge < -0.3 is 60.2 Å². The van der Waals surface area contributed by atoms with Crippen LogP contribution in [0.1, 0.15) is 232 Å². The van der Waals surface area contributed by atoms with Gasteiger partial charge in [-0.3, -0.25) is 0 Å². The maximum Gasteiger partial charge on any atom is 0.338 e. The van der Waals surface area contributed by atoms with Crippen molar-refractivity contribution in [1.82, 2.24) is 0 Å². The van der Waals surface area contributed by atoms with E-state index in [-0.39, 0.29) is 12.8 Å². The fourth-order valence-electron chi connectivity index (χ4n) is 8.56. The van der Waals surface area contributed by atoms with E-state index < -0.39 is 86.5 Å². The third-order valence-corrected chi connectivity index (χ3v) is 13.0. The second-order valence-corrected chi connectivity index (χ2v) is 18.8. The van der Waals surface area contributed by atoms with Crippen molar-refractivity contribution in [3.8, 4) is 0 Å². The SMILES string of the molecule is CCCCCCCCCCCCCCCCCCCCCC[C@@H](O)[C@@H](O)[C@@H](O)C(=O)O[C@@H](CO[C@H]1O[C@H](CO)[C@H](O)[C@H](O)[C@H]1O)[C@H](O)[C@H](O)CCCCCCCCCCCCCC. The van der Waals surface area contributed by atoms with Gasteiger partial charge in [0.05, 0.1) is 25.4 Å². The molecule has 0 unspecified atom stereocenters. The molecule has 1 saturated heterocycles. The molecule has 0 bridgehead atoms. The summed E-state index contributed by atoms with van der Waals surface area (Å²) in [6.07, 6.45) is 20.5. The van der Waals surface area contributed by atoms with Crippen LogP contribution in [-0.2, 0) is 19.0 Å². The number of unbranched alkanes of at least 4 members (excludes halogenated alkanes) is 30. The monoisotopic (exact) mass is 907 g/mol. The van der Waals surface area contributed by atoms with Crippen LogP contribution < -0.4 is 0 Å². The average molecular weight is 907 g/mol. The number of carbonyl (C=O) groups excluding carboxylic acids is 1. The van der Waals surface area contributed by atoms with Gasteiger partial charge in [0.25, 0.3) is 0 Å². The van der Waals surface area contributed by atoms with Crippen molar-refractivity contribution in [3.63, 3.8) is 0 Å². The Kier molecular flexibility index (Phi) is 38.2. The van der Waals surface area contributed by atoms with E-state index in [2.05, 4.69) is 13.8 Å². The molecule has 11 atom stereocenters. The normalized spacial score (nSPS) is 22.1. The fraction of sp³-hybridized carbons (Fsp3) is 0.980. The van der Waals surface area contributed by atoms with Crippen LogP contribution in [0.5, 0.6) is 0 Å². The first-order chi connectivity index (χ1) is 30.5. The largest absolute Gasteiger partial charge is 0.455 e. The Labute approximate surface area is 382 Å². The molecule has 376 valence electrons. The van der Waals surface area contributed by atoms with Crippen LogP contribution >= 0.6 is 0 Å². The molecule has 1 aliphatic rings. The second-order valence-electron chi connectivity index (χ2n) is 18.8. The van der Waals surface area contributed by atoms with Gasteiger partial charge in [-0.2, -0.15) is 0 Å². The summed E-state index contributed by atoms with van der Waals surface area (Å²) < 4.78 is 16.3. The zero-order valence-electron chi connectivity index (χ0n) is 40.0. The number of ether oxygens (including phenoxy) is 3. The molecule has 0 radical (unpaired) electrons. The topological polar surface area (TPSA) is 227 Å². The summed E-state index contributed by atoms with van der Waals surface area (Å²) in [5.74, 6) is -1.36. The van der Waals surface area contributed by atoms with Gasteiger partial charge in [0, 0.05) is 0 Å². The fourth-order valence-corrected chi connectivity index (χ4v) is 8.56. The van der Waals surface area contributed by atoms with Crippen LogP contribution in [-0.4, -0.2) is 132 Å². The molecule has 0 aromatic carbocycles. The highest BCUT2D eigenvalue weighted by molar-refractivity contribution is 5.75. The maximum absolute atomic E-state index is 13.1. The minimum absolute atomic E-state index is 0.161. The van der Waals surface area contributed by atoms with Crippen LogP contribution in [0, 0.1) is 0 Å². The van der Waals surface area contributed by atoms with Crippen molar-refractivity contribution >= 4 is 5.97 Å². The number of hydrogen-bond donors (Lipinski definition) is 9. The average Bonchev–Trinajstić information content (AvgIpc) is 3.28. The number of aliphatic hydroxyl groups is 9. The van der Waals surface area contributed by atoms with Gasteiger partial charge in [-0.25, -0.2) is 4.79 Å². The first-order valence-corrected chi connectivity index (χ1v) is 26.0. The van der Waals surface area contributed by atoms with Crippen molar-refractivity contribution in [2.24, 2.45) is 0 Å². The van der Waals surface area contributed by atoms with Gasteiger partial charge in [-0.05, 0) is 12.8 Å². The van der Waals surface area contributed by atoms with E-state index in [4.69, 9.17) is 14.2 Å². The molecule has 13 nitrogen and oxygen atoms in total. The van der Waals surface area contributed by atoms with E-state index in [0.29, 0.717) is 12.8 Å². The summed E-state index contributed by atoms with van der Waals surface area (Å²) in [7, 11) is 0. The van der Waals surface area contributed by atoms with E-state index in [1.54, 1.807) is 0 Å². The molecule has 0 aromatic rings. The molecule has 1 fully saturated rings. The van der Waals surface area contributed by atoms with Gasteiger partial charge in [0.15, 0.2) is 18.5 Å². The number of aliphatic hydroxyl groups excluding tert-OH is 9. The van der Waals surface area contributed by atoms with E-state index in [1.165, 1.54) is 141 Å². The van der Waals surface area contributed by atoms with Gasteiger partial charge in [-0.15, -0.1) is 0 Å². The lowest BCUT2D eigenvalue weighted by molar-refractivity contribution is -0.307. The molecule has 0 saturated carbocycles. The molecular weight excluding hydrogens is 809 g/mol. The second kappa shape index (κ2) is 40.1. The van der Waals surface area contributed by atoms with E-state index in [9.17, 15) is 50.8 Å². The Bertz CT molecular complexity index is 1020. The van der Waals surface area contributed by atoms with Gasteiger partial charge in [0.1, 0.15) is 36.6 Å². The first kappa shape index (κ1) is 60.0. The molecule has 9 N–H and O–H groups in total. The van der Waals surface area contributed by atoms with Crippen LogP contribution in [0.15, 0.2) is 0 Å². The van der Waals surface area contributed by atoms with Crippen LogP contribution in [0.2, 0.25) is 0 Å². The lowest BCUT2D eigenvalue weighted by Crippen LogP contribution is -2.59. The summed E-state index contributed by atoms with van der Waals surface area (Å²) in [6, 6.07) is 0. The van der Waals surface area contributed by atoms with Crippen molar-refractivity contribution in [2.45, 2.75) is 299 Å². The predicted molar refractivity (Wildman–Crippen MR) is 248 cm³/mol. The molecule has 1 rings (SSSR count). The van der Waals surface area contributed by atoms with E-state index in [1.807, 2.05) is 0 Å². The third kappa shape index (κ3) is 28.7.